The second-order valence-electron chi connectivity index (χ2n) is 2.02. The molecular formula is C8H8N2OS2. The summed E-state index contributed by atoms with van der Waals surface area (Å²) < 4.78 is 0. The number of hydrogen-bond donors (Lipinski definition) is 1. The van der Waals surface area contributed by atoms with Crippen LogP contribution in [-0.2, 0) is 0 Å². The monoisotopic (exact) mass is 212 g/mol. The molecule has 13 heavy (non-hydrogen) atoms. The first kappa shape index (κ1) is 9.88. The number of nitrogens with two attached hydrogens (primary N) is 1. The van der Waals surface area contributed by atoms with Gasteiger partial charge in [0.2, 0.25) is 0 Å². The molecule has 1 amide bonds. The van der Waals surface area contributed by atoms with Gasteiger partial charge in [-0.1, -0.05) is 6.07 Å². The van der Waals surface area contributed by atoms with E-state index >= 15 is 0 Å². The molecule has 2 N–H and O–H groups in total. The maximum atomic E-state index is 10.3. The van der Waals surface area contributed by atoms with Crippen molar-refractivity contribution in [3.05, 3.63) is 39.5 Å². The molecule has 2 heterocycles. The molecule has 0 spiro atoms. The lowest BCUT2D eigenvalue weighted by Gasteiger charge is -1.80. The molecule has 0 unspecified atom stereocenters. The second kappa shape index (κ2) is 5.45. The lowest BCUT2D eigenvalue weighted by atomic mass is 10.5. The second-order valence-corrected chi connectivity index (χ2v) is 3.72. The highest BCUT2D eigenvalue weighted by Gasteiger charge is 1.96. The Kier molecular flexibility index (Phi) is 4.14. The van der Waals surface area contributed by atoms with Crippen LogP contribution < -0.4 is 5.73 Å². The van der Waals surface area contributed by atoms with Gasteiger partial charge >= 0.3 is 0 Å². The SMILES string of the molecule is NC(=O)c1cccs1.c1cscn1. The third-order valence-electron chi connectivity index (χ3n) is 1.11. The van der Waals surface area contributed by atoms with E-state index in [-0.39, 0.29) is 5.91 Å². The normalized spacial score (nSPS) is 8.62. The van der Waals surface area contributed by atoms with Crippen LogP contribution in [-0.4, -0.2) is 10.9 Å². The smallest absolute Gasteiger partial charge is 0.258 e. The topological polar surface area (TPSA) is 56.0 Å². The first-order chi connectivity index (χ1) is 6.30. The van der Waals surface area contributed by atoms with Gasteiger partial charge in [0.1, 0.15) is 0 Å². The lowest BCUT2D eigenvalue weighted by Crippen LogP contribution is -2.07. The highest BCUT2D eigenvalue weighted by atomic mass is 32.1. The van der Waals surface area contributed by atoms with Crippen LogP contribution in [0.3, 0.4) is 0 Å². The van der Waals surface area contributed by atoms with Gasteiger partial charge in [-0.05, 0) is 11.4 Å². The van der Waals surface area contributed by atoms with Crippen molar-refractivity contribution in [2.24, 2.45) is 5.73 Å². The van der Waals surface area contributed by atoms with Crippen LogP contribution in [0.5, 0.6) is 0 Å². The van der Waals surface area contributed by atoms with Gasteiger partial charge in [-0.25, -0.2) is 0 Å². The highest BCUT2D eigenvalue weighted by Crippen LogP contribution is 2.05. The van der Waals surface area contributed by atoms with E-state index in [0.717, 1.165) is 0 Å². The number of carbonyl (C=O) groups is 1. The molecule has 68 valence electrons. The number of primary amides is 1. The third kappa shape index (κ3) is 3.82. The molecule has 0 saturated carbocycles. The van der Waals surface area contributed by atoms with Crippen molar-refractivity contribution >= 4 is 28.6 Å². The van der Waals surface area contributed by atoms with Crippen LogP contribution in [0.4, 0.5) is 0 Å². The van der Waals surface area contributed by atoms with Gasteiger partial charge < -0.3 is 5.73 Å². The van der Waals surface area contributed by atoms with Crippen LogP contribution in [0, 0.1) is 0 Å². The van der Waals surface area contributed by atoms with Gasteiger partial charge in [-0.2, -0.15) is 0 Å². The number of thiazole rings is 1. The van der Waals surface area contributed by atoms with E-state index in [4.69, 9.17) is 5.73 Å². The summed E-state index contributed by atoms with van der Waals surface area (Å²) in [6, 6.07) is 3.50. The van der Waals surface area contributed by atoms with Crippen LogP contribution in [0.2, 0.25) is 0 Å². The first-order valence-electron chi connectivity index (χ1n) is 3.46. The maximum Gasteiger partial charge on any atom is 0.258 e. The molecule has 0 aliphatic carbocycles. The quantitative estimate of drug-likeness (QED) is 0.786. The third-order valence-corrected chi connectivity index (χ3v) is 2.52. The van der Waals surface area contributed by atoms with Gasteiger partial charge in [0.05, 0.1) is 10.4 Å². The minimum atomic E-state index is -0.347. The minimum absolute atomic E-state index is 0.347. The zero-order valence-corrected chi connectivity index (χ0v) is 8.35. The van der Waals surface area contributed by atoms with E-state index < -0.39 is 0 Å². The molecule has 0 aliphatic heterocycles. The van der Waals surface area contributed by atoms with Crippen LogP contribution >= 0.6 is 22.7 Å². The number of carbonyl (C=O) groups excluding carboxylic acids is 1. The molecule has 0 radical (unpaired) electrons. The fourth-order valence-corrected chi connectivity index (χ4v) is 1.52. The Morgan fingerprint density at radius 3 is 2.54 bits per heavy atom. The van der Waals surface area contributed by atoms with Crippen molar-refractivity contribution in [2.75, 3.05) is 0 Å². The van der Waals surface area contributed by atoms with E-state index in [1.807, 2.05) is 10.8 Å². The average molecular weight is 212 g/mol. The Balaban J connectivity index is 0.000000145. The number of hydrogen-bond acceptors (Lipinski definition) is 4. The van der Waals surface area contributed by atoms with Crippen molar-refractivity contribution in [2.45, 2.75) is 0 Å². The Hall–Kier alpha value is -1.20. The molecule has 2 aromatic rings. The minimum Gasteiger partial charge on any atom is -0.365 e. The van der Waals surface area contributed by atoms with Gasteiger partial charge in [-0.15, -0.1) is 22.7 Å². The van der Waals surface area contributed by atoms with Gasteiger partial charge in [0.15, 0.2) is 0 Å². The van der Waals surface area contributed by atoms with E-state index in [0.29, 0.717) is 4.88 Å². The average Bonchev–Trinajstić information content (AvgIpc) is 2.82. The number of thiophene rings is 1. The summed E-state index contributed by atoms with van der Waals surface area (Å²) in [7, 11) is 0. The van der Waals surface area contributed by atoms with Crippen molar-refractivity contribution in [1.82, 2.24) is 4.98 Å². The molecule has 0 aromatic carbocycles. The Morgan fingerprint density at radius 1 is 1.46 bits per heavy atom. The largest absolute Gasteiger partial charge is 0.365 e. The Morgan fingerprint density at radius 2 is 2.31 bits per heavy atom. The molecule has 0 atom stereocenters. The Bertz CT molecular complexity index is 312. The first-order valence-corrected chi connectivity index (χ1v) is 5.28. The summed E-state index contributed by atoms with van der Waals surface area (Å²) in [5.74, 6) is -0.347. The van der Waals surface area contributed by atoms with Gasteiger partial charge in [-0.3, -0.25) is 9.78 Å². The van der Waals surface area contributed by atoms with Gasteiger partial charge in [0, 0.05) is 11.6 Å². The fraction of sp³-hybridized carbons (Fsp3) is 0. The van der Waals surface area contributed by atoms with Crippen LogP contribution in [0.1, 0.15) is 9.67 Å². The molecule has 0 aliphatic rings. The van der Waals surface area contributed by atoms with E-state index in [9.17, 15) is 4.79 Å². The summed E-state index contributed by atoms with van der Waals surface area (Å²) in [5.41, 5.74) is 6.72. The van der Waals surface area contributed by atoms with Crippen molar-refractivity contribution in [3.8, 4) is 0 Å². The maximum absolute atomic E-state index is 10.3. The van der Waals surface area contributed by atoms with Crippen LogP contribution in [0.25, 0.3) is 0 Å². The summed E-state index contributed by atoms with van der Waals surface area (Å²) in [6.45, 7) is 0. The number of amides is 1. The summed E-state index contributed by atoms with van der Waals surface area (Å²) in [5, 5.41) is 3.75. The molecule has 2 rings (SSSR count). The zero-order chi connectivity index (χ0) is 9.52. The number of rotatable bonds is 1. The van der Waals surface area contributed by atoms with E-state index in [1.165, 1.54) is 11.3 Å². The van der Waals surface area contributed by atoms with E-state index in [2.05, 4.69) is 4.98 Å². The zero-order valence-electron chi connectivity index (χ0n) is 6.71. The standard InChI is InChI=1S/C5H5NOS.C3H3NS/c6-5(7)4-2-1-3-8-4;1-2-5-3-4-1/h1-3H,(H2,6,7);1-3H. The van der Waals surface area contributed by atoms with Crippen molar-refractivity contribution in [1.29, 1.82) is 0 Å². The van der Waals surface area contributed by atoms with Crippen molar-refractivity contribution < 1.29 is 4.79 Å². The molecule has 0 saturated heterocycles. The summed E-state index contributed by atoms with van der Waals surface area (Å²) >= 11 is 2.96. The van der Waals surface area contributed by atoms with Crippen molar-refractivity contribution in [3.63, 3.8) is 0 Å². The summed E-state index contributed by atoms with van der Waals surface area (Å²) in [4.78, 5) is 14.7. The molecule has 0 bridgehead atoms. The fourth-order valence-electron chi connectivity index (χ4n) is 0.594. The molecular weight excluding hydrogens is 204 g/mol. The molecule has 0 fully saturated rings. The lowest BCUT2D eigenvalue weighted by molar-refractivity contribution is 0.100. The highest BCUT2D eigenvalue weighted by molar-refractivity contribution is 7.12. The number of nitrogens with zero attached hydrogens (tertiary/aromatic N) is 1. The van der Waals surface area contributed by atoms with Crippen LogP contribution in [0.15, 0.2) is 34.6 Å². The predicted molar refractivity (Wildman–Crippen MR) is 55.0 cm³/mol. The van der Waals surface area contributed by atoms with Gasteiger partial charge in [0.25, 0.3) is 5.91 Å². The Labute approximate surface area is 83.9 Å². The molecule has 3 nitrogen and oxygen atoms in total. The summed E-state index contributed by atoms with van der Waals surface area (Å²) in [6.07, 6.45) is 1.77. The molecule has 5 heteroatoms. The molecule has 2 aromatic heterocycles. The van der Waals surface area contributed by atoms with E-state index in [1.54, 1.807) is 35.2 Å². The predicted octanol–water partition coefficient (Wildman–Crippen LogP) is 1.99. The number of aromatic nitrogens is 1.